The second-order valence-electron chi connectivity index (χ2n) is 6.86. The molecule has 0 saturated carbocycles. The number of sulfonamides is 1. The molecular weight excluding hydrogens is 404 g/mol. The summed E-state index contributed by atoms with van der Waals surface area (Å²) in [7, 11) is -3.64. The Morgan fingerprint density at radius 2 is 1.87 bits per heavy atom. The second kappa shape index (κ2) is 8.76. The van der Waals surface area contributed by atoms with E-state index >= 15 is 0 Å². The fourth-order valence-electron chi connectivity index (χ4n) is 3.19. The largest absolute Gasteiger partial charge is 0.324 e. The monoisotopic (exact) mass is 428 g/mol. The Bertz CT molecular complexity index is 1250. The average molecular weight is 429 g/mol. The van der Waals surface area contributed by atoms with E-state index in [1.807, 2.05) is 13.0 Å². The molecule has 1 heterocycles. The first-order valence-electron chi connectivity index (χ1n) is 9.62. The molecule has 0 radical (unpaired) electrons. The van der Waals surface area contributed by atoms with E-state index in [9.17, 15) is 18.0 Å². The summed E-state index contributed by atoms with van der Waals surface area (Å²) in [6.07, 6.45) is 1.33. The van der Waals surface area contributed by atoms with Crippen LogP contribution in [0.3, 0.4) is 0 Å². The Hall–Kier alpha value is -3.04. The van der Waals surface area contributed by atoms with Gasteiger partial charge in [-0.25, -0.2) is 13.4 Å². The highest BCUT2D eigenvalue weighted by atomic mass is 32.2. The zero-order valence-corrected chi connectivity index (χ0v) is 17.9. The van der Waals surface area contributed by atoms with Crippen LogP contribution in [-0.2, 0) is 21.4 Å². The molecule has 3 rings (SSSR count). The van der Waals surface area contributed by atoms with E-state index in [1.54, 1.807) is 38.1 Å². The van der Waals surface area contributed by atoms with Crippen LogP contribution in [0.1, 0.15) is 19.4 Å². The molecule has 0 aliphatic heterocycles. The van der Waals surface area contributed by atoms with Gasteiger partial charge in [-0.3, -0.25) is 14.2 Å². The SMILES string of the molecule is CCN(CC)S(=O)(=O)c1cccc(NC(=O)Cn2cnc3ccc(C)cc3c2=O)c1. The van der Waals surface area contributed by atoms with Crippen LogP contribution >= 0.6 is 0 Å². The third kappa shape index (κ3) is 4.42. The van der Waals surface area contributed by atoms with Gasteiger partial charge in [-0.15, -0.1) is 0 Å². The lowest BCUT2D eigenvalue weighted by Gasteiger charge is -2.18. The maximum atomic E-state index is 12.7. The molecule has 0 bridgehead atoms. The number of hydrogen-bond acceptors (Lipinski definition) is 5. The number of carbonyl (C=O) groups is 1. The molecule has 0 spiro atoms. The minimum atomic E-state index is -3.64. The first-order chi connectivity index (χ1) is 14.3. The summed E-state index contributed by atoms with van der Waals surface area (Å²) in [4.78, 5) is 29.5. The fourth-order valence-corrected chi connectivity index (χ4v) is 4.69. The van der Waals surface area contributed by atoms with Crippen molar-refractivity contribution in [1.29, 1.82) is 0 Å². The van der Waals surface area contributed by atoms with E-state index < -0.39 is 15.9 Å². The van der Waals surface area contributed by atoms with Crippen molar-refractivity contribution in [3.63, 3.8) is 0 Å². The van der Waals surface area contributed by atoms with E-state index in [-0.39, 0.29) is 17.0 Å². The van der Waals surface area contributed by atoms with Gasteiger partial charge in [0.2, 0.25) is 15.9 Å². The molecule has 0 saturated heterocycles. The molecule has 1 N–H and O–H groups in total. The minimum absolute atomic E-state index is 0.101. The van der Waals surface area contributed by atoms with Gasteiger partial charge in [-0.1, -0.05) is 31.5 Å². The summed E-state index contributed by atoms with van der Waals surface area (Å²) in [6.45, 7) is 5.89. The molecule has 1 amide bonds. The summed E-state index contributed by atoms with van der Waals surface area (Å²) in [5.74, 6) is -0.455. The van der Waals surface area contributed by atoms with E-state index in [0.29, 0.717) is 29.7 Å². The zero-order valence-electron chi connectivity index (χ0n) is 17.1. The zero-order chi connectivity index (χ0) is 21.9. The van der Waals surface area contributed by atoms with Gasteiger partial charge in [0.1, 0.15) is 6.54 Å². The van der Waals surface area contributed by atoms with Crippen molar-refractivity contribution in [2.75, 3.05) is 18.4 Å². The van der Waals surface area contributed by atoms with Crippen LogP contribution in [0.5, 0.6) is 0 Å². The summed E-state index contributed by atoms with van der Waals surface area (Å²) >= 11 is 0. The van der Waals surface area contributed by atoms with Gasteiger partial charge in [-0.2, -0.15) is 4.31 Å². The number of nitrogens with one attached hydrogen (secondary N) is 1. The van der Waals surface area contributed by atoms with Crippen molar-refractivity contribution in [3.8, 4) is 0 Å². The standard InChI is InChI=1S/C21H24N4O4S/c1-4-25(5-2)30(28,29)17-8-6-7-16(12-17)23-20(26)13-24-14-22-19-10-9-15(3)11-18(19)21(24)27/h6-12,14H,4-5,13H2,1-3H3,(H,23,26). The molecule has 0 atom stereocenters. The predicted octanol–water partition coefficient (Wildman–Crippen LogP) is 2.37. The number of anilines is 1. The van der Waals surface area contributed by atoms with Crippen LogP contribution in [0.4, 0.5) is 5.69 Å². The van der Waals surface area contributed by atoms with Gasteiger partial charge < -0.3 is 5.32 Å². The smallest absolute Gasteiger partial charge is 0.261 e. The van der Waals surface area contributed by atoms with Gasteiger partial charge in [-0.05, 0) is 37.3 Å². The van der Waals surface area contributed by atoms with Gasteiger partial charge >= 0.3 is 0 Å². The maximum absolute atomic E-state index is 12.7. The van der Waals surface area contributed by atoms with Crippen molar-refractivity contribution >= 4 is 32.5 Å². The highest BCUT2D eigenvalue weighted by Crippen LogP contribution is 2.19. The van der Waals surface area contributed by atoms with Gasteiger partial charge in [0.25, 0.3) is 5.56 Å². The van der Waals surface area contributed by atoms with Gasteiger partial charge in [0, 0.05) is 18.8 Å². The molecule has 9 heteroatoms. The van der Waals surface area contributed by atoms with Crippen LogP contribution in [0.2, 0.25) is 0 Å². The summed E-state index contributed by atoms with van der Waals surface area (Å²) in [6, 6.07) is 11.4. The van der Waals surface area contributed by atoms with Gasteiger partial charge in [0.15, 0.2) is 0 Å². The molecular formula is C21H24N4O4S. The molecule has 158 valence electrons. The third-order valence-electron chi connectivity index (χ3n) is 4.75. The Morgan fingerprint density at radius 1 is 1.13 bits per heavy atom. The van der Waals surface area contributed by atoms with Gasteiger partial charge in [0.05, 0.1) is 22.1 Å². The number of amides is 1. The van der Waals surface area contributed by atoms with Crippen LogP contribution in [0.15, 0.2) is 58.5 Å². The maximum Gasteiger partial charge on any atom is 0.261 e. The Morgan fingerprint density at radius 3 is 2.57 bits per heavy atom. The molecule has 0 aliphatic rings. The van der Waals surface area contributed by atoms with Crippen molar-refractivity contribution < 1.29 is 13.2 Å². The lowest BCUT2D eigenvalue weighted by molar-refractivity contribution is -0.116. The molecule has 2 aromatic carbocycles. The molecule has 30 heavy (non-hydrogen) atoms. The first-order valence-corrected chi connectivity index (χ1v) is 11.1. The first kappa shape index (κ1) is 21.7. The lowest BCUT2D eigenvalue weighted by Crippen LogP contribution is -2.30. The number of carbonyl (C=O) groups excluding carboxylic acids is 1. The molecule has 1 aromatic heterocycles. The van der Waals surface area contributed by atoms with Crippen molar-refractivity contribution in [1.82, 2.24) is 13.9 Å². The fraction of sp³-hybridized carbons (Fsp3) is 0.286. The second-order valence-corrected chi connectivity index (χ2v) is 8.80. The van der Waals surface area contributed by atoms with Crippen molar-refractivity contribution in [3.05, 3.63) is 64.7 Å². The number of aromatic nitrogens is 2. The highest BCUT2D eigenvalue weighted by Gasteiger charge is 2.22. The number of hydrogen-bond donors (Lipinski definition) is 1. The van der Waals surface area contributed by atoms with E-state index in [4.69, 9.17) is 0 Å². The lowest BCUT2D eigenvalue weighted by atomic mass is 10.2. The van der Waals surface area contributed by atoms with E-state index in [0.717, 1.165) is 5.56 Å². The number of rotatable bonds is 7. The van der Waals surface area contributed by atoms with Crippen molar-refractivity contribution in [2.45, 2.75) is 32.2 Å². The molecule has 3 aromatic rings. The summed E-state index contributed by atoms with van der Waals surface area (Å²) in [5, 5.41) is 3.10. The van der Waals surface area contributed by atoms with Crippen LogP contribution in [-0.4, -0.2) is 41.3 Å². The molecule has 0 aliphatic carbocycles. The molecule has 8 nitrogen and oxygen atoms in total. The topological polar surface area (TPSA) is 101 Å². The van der Waals surface area contributed by atoms with E-state index in [1.165, 1.54) is 27.3 Å². The van der Waals surface area contributed by atoms with Crippen LogP contribution in [0, 0.1) is 6.92 Å². The Balaban J connectivity index is 1.82. The predicted molar refractivity (Wildman–Crippen MR) is 116 cm³/mol. The number of nitrogens with zero attached hydrogens (tertiary/aromatic N) is 3. The van der Waals surface area contributed by atoms with Crippen LogP contribution < -0.4 is 10.9 Å². The summed E-state index contributed by atoms with van der Waals surface area (Å²) < 4.78 is 27.9. The molecule has 0 unspecified atom stereocenters. The Labute approximate surface area is 175 Å². The number of fused-ring (bicyclic) bond motifs is 1. The average Bonchev–Trinajstić information content (AvgIpc) is 2.71. The number of aryl methyl sites for hydroxylation is 1. The minimum Gasteiger partial charge on any atom is -0.324 e. The van der Waals surface area contributed by atoms with Crippen molar-refractivity contribution in [2.24, 2.45) is 0 Å². The number of benzene rings is 2. The third-order valence-corrected chi connectivity index (χ3v) is 6.80. The molecule has 0 fully saturated rings. The van der Waals surface area contributed by atoms with E-state index in [2.05, 4.69) is 10.3 Å². The Kier molecular flexibility index (Phi) is 6.33. The summed E-state index contributed by atoms with van der Waals surface area (Å²) in [5.41, 5.74) is 1.52. The van der Waals surface area contributed by atoms with Crippen LogP contribution in [0.25, 0.3) is 10.9 Å². The normalized spacial score (nSPS) is 11.7. The highest BCUT2D eigenvalue weighted by molar-refractivity contribution is 7.89. The quantitative estimate of drug-likeness (QED) is 0.623.